The lowest BCUT2D eigenvalue weighted by Crippen LogP contribution is -2.18. The maximum atomic E-state index is 2.37. The molecule has 0 amide bonds. The molecule has 0 aromatic heterocycles. The number of hydrogen-bond donors (Lipinski definition) is 0. The minimum absolute atomic E-state index is 0.825. The molecule has 1 aromatic carbocycles. The van der Waals surface area contributed by atoms with Gasteiger partial charge in [0.05, 0.1) is 0 Å². The number of benzene rings is 1. The van der Waals surface area contributed by atoms with Crippen LogP contribution in [0.1, 0.15) is 18.9 Å². The number of anilines is 1. The van der Waals surface area contributed by atoms with Crippen molar-refractivity contribution in [1.82, 2.24) is 0 Å². The Hall–Kier alpha value is -0.980. The van der Waals surface area contributed by atoms with Crippen molar-refractivity contribution in [3.05, 3.63) is 29.8 Å². The molecule has 1 heterocycles. The highest BCUT2D eigenvalue weighted by molar-refractivity contribution is 5.53. The smallest absolute Gasteiger partial charge is 0.0396 e. The van der Waals surface area contributed by atoms with Gasteiger partial charge in [0.1, 0.15) is 0 Å². The fourth-order valence-electron chi connectivity index (χ4n) is 2.07. The average molecular weight is 175 g/mol. The van der Waals surface area contributed by atoms with Crippen LogP contribution in [0.5, 0.6) is 0 Å². The van der Waals surface area contributed by atoms with E-state index >= 15 is 0 Å². The van der Waals surface area contributed by atoms with Gasteiger partial charge in [0.2, 0.25) is 0 Å². The van der Waals surface area contributed by atoms with Crippen LogP contribution in [0.3, 0.4) is 0 Å². The molecule has 1 aliphatic rings. The summed E-state index contributed by atoms with van der Waals surface area (Å²) in [6, 6.07) is 8.76. The van der Waals surface area contributed by atoms with Gasteiger partial charge in [-0.15, -0.1) is 0 Å². The lowest BCUT2D eigenvalue weighted by molar-refractivity contribution is 0.547. The molecule has 0 saturated heterocycles. The van der Waals surface area contributed by atoms with Gasteiger partial charge in [-0.05, 0) is 30.4 Å². The predicted octanol–water partition coefficient (Wildman–Crippen LogP) is 2.71. The minimum atomic E-state index is 0.825. The van der Waals surface area contributed by atoms with E-state index in [1.807, 2.05) is 0 Å². The van der Waals surface area contributed by atoms with Crippen LogP contribution in [-0.4, -0.2) is 13.6 Å². The zero-order chi connectivity index (χ0) is 9.26. The summed E-state index contributed by atoms with van der Waals surface area (Å²) in [5.41, 5.74) is 2.93. The third kappa shape index (κ3) is 1.69. The summed E-state index contributed by atoms with van der Waals surface area (Å²) in [5.74, 6) is 0.825. The molecule has 0 aliphatic carbocycles. The molecule has 1 aromatic rings. The van der Waals surface area contributed by atoms with Gasteiger partial charge >= 0.3 is 0 Å². The predicted molar refractivity (Wildman–Crippen MR) is 57.2 cm³/mol. The molecule has 1 nitrogen and oxygen atoms in total. The molecule has 0 spiro atoms. The molecular weight excluding hydrogens is 158 g/mol. The molecule has 0 saturated carbocycles. The zero-order valence-corrected chi connectivity index (χ0v) is 8.46. The van der Waals surface area contributed by atoms with Crippen molar-refractivity contribution in [2.75, 3.05) is 18.5 Å². The van der Waals surface area contributed by atoms with Crippen LogP contribution in [0.15, 0.2) is 24.3 Å². The standard InChI is InChI=1S/C12H17N/c1-10-7-8-13(2)12-6-4-3-5-11(12)9-10/h3-6,10H,7-9H2,1-2H3/t10-/m0/s1. The molecule has 0 N–H and O–H groups in total. The van der Waals surface area contributed by atoms with Crippen molar-refractivity contribution in [3.63, 3.8) is 0 Å². The Bertz CT molecular complexity index is 293. The summed E-state index contributed by atoms with van der Waals surface area (Å²) in [4.78, 5) is 2.37. The maximum Gasteiger partial charge on any atom is 0.0396 e. The van der Waals surface area contributed by atoms with E-state index in [0.717, 1.165) is 5.92 Å². The summed E-state index contributed by atoms with van der Waals surface area (Å²) in [6.07, 6.45) is 2.55. The molecule has 70 valence electrons. The molecule has 1 heteroatoms. The van der Waals surface area contributed by atoms with Crippen LogP contribution in [0.2, 0.25) is 0 Å². The fourth-order valence-corrected chi connectivity index (χ4v) is 2.07. The fraction of sp³-hybridized carbons (Fsp3) is 0.500. The average Bonchev–Trinajstić information content (AvgIpc) is 2.27. The van der Waals surface area contributed by atoms with E-state index < -0.39 is 0 Å². The van der Waals surface area contributed by atoms with Crippen LogP contribution >= 0.6 is 0 Å². The lowest BCUT2D eigenvalue weighted by Gasteiger charge is -2.18. The number of para-hydroxylation sites is 1. The first-order chi connectivity index (χ1) is 6.27. The van der Waals surface area contributed by atoms with Gasteiger partial charge in [-0.3, -0.25) is 0 Å². The first-order valence-corrected chi connectivity index (χ1v) is 5.06. The van der Waals surface area contributed by atoms with Crippen molar-refractivity contribution < 1.29 is 0 Å². The van der Waals surface area contributed by atoms with E-state index in [1.165, 1.54) is 30.6 Å². The van der Waals surface area contributed by atoms with E-state index in [4.69, 9.17) is 0 Å². The Morgan fingerprint density at radius 2 is 2.08 bits per heavy atom. The third-order valence-electron chi connectivity index (χ3n) is 2.93. The first-order valence-electron chi connectivity index (χ1n) is 5.06. The minimum Gasteiger partial charge on any atom is -0.374 e. The third-order valence-corrected chi connectivity index (χ3v) is 2.93. The van der Waals surface area contributed by atoms with Crippen LogP contribution in [0.25, 0.3) is 0 Å². The molecule has 1 aliphatic heterocycles. The van der Waals surface area contributed by atoms with Gasteiger partial charge in [-0.1, -0.05) is 25.1 Å². The van der Waals surface area contributed by atoms with Crippen molar-refractivity contribution in [2.24, 2.45) is 5.92 Å². The maximum absolute atomic E-state index is 2.37. The Labute approximate surface area is 80.4 Å². The monoisotopic (exact) mass is 175 g/mol. The highest BCUT2D eigenvalue weighted by Gasteiger charge is 2.15. The van der Waals surface area contributed by atoms with Crippen LogP contribution in [0, 0.1) is 5.92 Å². The molecule has 0 radical (unpaired) electrons. The zero-order valence-electron chi connectivity index (χ0n) is 8.46. The number of rotatable bonds is 0. The van der Waals surface area contributed by atoms with Gasteiger partial charge in [0, 0.05) is 19.3 Å². The van der Waals surface area contributed by atoms with Gasteiger partial charge in [-0.2, -0.15) is 0 Å². The Morgan fingerprint density at radius 3 is 2.92 bits per heavy atom. The summed E-state index contributed by atoms with van der Waals surface area (Å²) in [7, 11) is 2.19. The van der Waals surface area contributed by atoms with E-state index in [0.29, 0.717) is 0 Å². The molecule has 0 unspecified atom stereocenters. The van der Waals surface area contributed by atoms with Gasteiger partial charge in [-0.25, -0.2) is 0 Å². The topological polar surface area (TPSA) is 3.24 Å². The molecule has 0 fully saturated rings. The van der Waals surface area contributed by atoms with E-state index in [2.05, 4.69) is 43.1 Å². The van der Waals surface area contributed by atoms with Crippen molar-refractivity contribution in [1.29, 1.82) is 0 Å². The number of nitrogens with zero attached hydrogens (tertiary/aromatic N) is 1. The lowest BCUT2D eigenvalue weighted by atomic mass is 9.99. The van der Waals surface area contributed by atoms with Crippen LogP contribution < -0.4 is 4.90 Å². The molecule has 0 bridgehead atoms. The summed E-state index contributed by atoms with van der Waals surface area (Å²) >= 11 is 0. The molecular formula is C12H17N. The van der Waals surface area contributed by atoms with Crippen molar-refractivity contribution in [3.8, 4) is 0 Å². The summed E-state index contributed by atoms with van der Waals surface area (Å²) in [5, 5.41) is 0. The number of fused-ring (bicyclic) bond motifs is 1. The second-order valence-electron chi connectivity index (χ2n) is 4.15. The Kier molecular flexibility index (Phi) is 2.26. The Morgan fingerprint density at radius 1 is 1.31 bits per heavy atom. The van der Waals surface area contributed by atoms with E-state index in [-0.39, 0.29) is 0 Å². The summed E-state index contributed by atoms with van der Waals surface area (Å²) in [6.45, 7) is 3.54. The highest BCUT2D eigenvalue weighted by atomic mass is 15.1. The van der Waals surface area contributed by atoms with Gasteiger partial charge < -0.3 is 4.90 Å². The molecule has 1 atom stereocenters. The largest absolute Gasteiger partial charge is 0.374 e. The second-order valence-corrected chi connectivity index (χ2v) is 4.15. The highest BCUT2D eigenvalue weighted by Crippen LogP contribution is 2.27. The van der Waals surface area contributed by atoms with Crippen molar-refractivity contribution in [2.45, 2.75) is 19.8 Å². The second kappa shape index (κ2) is 3.41. The van der Waals surface area contributed by atoms with Crippen LogP contribution in [-0.2, 0) is 6.42 Å². The van der Waals surface area contributed by atoms with E-state index in [1.54, 1.807) is 0 Å². The van der Waals surface area contributed by atoms with Crippen molar-refractivity contribution >= 4 is 5.69 Å². The summed E-state index contributed by atoms with van der Waals surface area (Å²) < 4.78 is 0. The first kappa shape index (κ1) is 8.61. The Balaban J connectivity index is 2.38. The molecule has 2 rings (SSSR count). The van der Waals surface area contributed by atoms with Gasteiger partial charge in [0.25, 0.3) is 0 Å². The molecule has 13 heavy (non-hydrogen) atoms. The van der Waals surface area contributed by atoms with E-state index in [9.17, 15) is 0 Å². The normalized spacial score (nSPS) is 22.3. The quantitative estimate of drug-likeness (QED) is 0.586. The van der Waals surface area contributed by atoms with Crippen LogP contribution in [0.4, 0.5) is 5.69 Å². The SMILES string of the molecule is C[C@H]1CCN(C)c2ccccc2C1. The number of hydrogen-bond acceptors (Lipinski definition) is 1. The van der Waals surface area contributed by atoms with Gasteiger partial charge in [0.15, 0.2) is 0 Å².